The van der Waals surface area contributed by atoms with Crippen LogP contribution < -0.4 is 0 Å². The number of carboxylic acids is 1. The molecule has 0 radical (unpaired) electrons. The normalized spacial score (nSPS) is 15.6. The Kier molecular flexibility index (Phi) is 4.94. The third-order valence-corrected chi connectivity index (χ3v) is 2.53. The van der Waals surface area contributed by atoms with E-state index >= 15 is 0 Å². The zero-order valence-corrected chi connectivity index (χ0v) is 9.65. The minimum absolute atomic E-state index is 0.0318. The van der Waals surface area contributed by atoms with Gasteiger partial charge in [-0.2, -0.15) is 0 Å². The van der Waals surface area contributed by atoms with Crippen molar-refractivity contribution in [2.45, 2.75) is 6.42 Å². The van der Waals surface area contributed by atoms with Crippen LogP contribution in [0, 0.1) is 0 Å². The summed E-state index contributed by atoms with van der Waals surface area (Å²) in [5.74, 6) is -2.40. The summed E-state index contributed by atoms with van der Waals surface area (Å²) in [4.78, 5) is 38.7. The van der Waals surface area contributed by atoms with Crippen LogP contribution in [0.4, 0.5) is 0 Å². The monoisotopic (exact) mass is 255 g/mol. The molecule has 2 amide bonds. The summed E-state index contributed by atoms with van der Waals surface area (Å²) in [6.45, 7) is 0.968. The first-order chi connectivity index (χ1) is 8.56. The highest BCUT2D eigenvalue weighted by atomic mass is 16.4. The number of rotatable bonds is 6. The number of carbonyl (C=O) groups is 3. The largest absolute Gasteiger partial charge is 0.481 e. The molecule has 1 aliphatic heterocycles. The van der Waals surface area contributed by atoms with E-state index in [9.17, 15) is 14.4 Å². The maximum atomic E-state index is 11.6. The van der Waals surface area contributed by atoms with Crippen LogP contribution in [0.2, 0.25) is 0 Å². The molecule has 0 unspecified atom stereocenters. The molecule has 18 heavy (non-hydrogen) atoms. The lowest BCUT2D eigenvalue weighted by Gasteiger charge is -2.33. The van der Waals surface area contributed by atoms with Gasteiger partial charge in [0.25, 0.3) is 0 Å². The van der Waals surface area contributed by atoms with Crippen LogP contribution in [-0.2, 0) is 14.4 Å². The van der Waals surface area contributed by atoms with Crippen molar-refractivity contribution in [2.24, 2.45) is 5.11 Å². The van der Waals surface area contributed by atoms with Crippen LogP contribution in [-0.4, -0.2) is 65.4 Å². The second-order valence-corrected chi connectivity index (χ2v) is 3.68. The van der Waals surface area contributed by atoms with Crippen LogP contribution in [0.1, 0.15) is 6.42 Å². The molecule has 1 fully saturated rings. The summed E-state index contributed by atoms with van der Waals surface area (Å²) in [6.07, 6.45) is -0.183. The summed E-state index contributed by atoms with van der Waals surface area (Å²) in [5, 5.41) is 11.8. The molecule has 0 aromatic carbocycles. The van der Waals surface area contributed by atoms with Gasteiger partial charge in [0, 0.05) is 37.6 Å². The zero-order valence-electron chi connectivity index (χ0n) is 9.65. The lowest BCUT2D eigenvalue weighted by Crippen LogP contribution is -2.55. The minimum atomic E-state index is -1.01. The van der Waals surface area contributed by atoms with Crippen LogP contribution in [0.3, 0.4) is 0 Å². The number of hydrogen-bond donors (Lipinski definition) is 1. The number of hydrogen-bond acceptors (Lipinski definition) is 4. The number of piperazine rings is 1. The SMILES string of the molecule is [N-]=[N+]=NCCN1CCN(CCC(=O)O)C(=O)C1=O. The van der Waals surface area contributed by atoms with Gasteiger partial charge < -0.3 is 14.9 Å². The van der Waals surface area contributed by atoms with Gasteiger partial charge in [0.2, 0.25) is 0 Å². The average molecular weight is 255 g/mol. The molecule has 9 heteroatoms. The first-order valence-electron chi connectivity index (χ1n) is 5.37. The van der Waals surface area contributed by atoms with E-state index in [1.807, 2.05) is 0 Å². The van der Waals surface area contributed by atoms with Gasteiger partial charge in [-0.3, -0.25) is 14.4 Å². The van der Waals surface area contributed by atoms with Gasteiger partial charge in [0.1, 0.15) is 0 Å². The van der Waals surface area contributed by atoms with Crippen molar-refractivity contribution in [3.8, 4) is 0 Å². The predicted molar refractivity (Wildman–Crippen MR) is 59.4 cm³/mol. The molecule has 0 aromatic rings. The molecule has 0 spiro atoms. The Morgan fingerprint density at radius 3 is 2.33 bits per heavy atom. The summed E-state index contributed by atoms with van der Waals surface area (Å²) in [5.41, 5.74) is 8.10. The molecule has 0 atom stereocenters. The Morgan fingerprint density at radius 1 is 1.28 bits per heavy atom. The lowest BCUT2D eigenvalue weighted by atomic mass is 10.2. The summed E-state index contributed by atoms with van der Waals surface area (Å²) in [7, 11) is 0. The van der Waals surface area contributed by atoms with Gasteiger partial charge in [-0.05, 0) is 5.53 Å². The lowest BCUT2D eigenvalue weighted by molar-refractivity contribution is -0.156. The Labute approximate surface area is 103 Å². The van der Waals surface area contributed by atoms with Gasteiger partial charge in [0.05, 0.1) is 6.42 Å². The molecule has 0 bridgehead atoms. The molecule has 98 valence electrons. The van der Waals surface area contributed by atoms with E-state index in [4.69, 9.17) is 10.6 Å². The number of carbonyl (C=O) groups excluding carboxylic acids is 2. The molecular formula is C9H13N5O4. The highest BCUT2D eigenvalue weighted by Crippen LogP contribution is 2.05. The zero-order chi connectivity index (χ0) is 13.5. The summed E-state index contributed by atoms with van der Waals surface area (Å²) in [6, 6.07) is 0. The van der Waals surface area contributed by atoms with E-state index in [2.05, 4.69) is 10.0 Å². The van der Waals surface area contributed by atoms with Gasteiger partial charge in [-0.1, -0.05) is 5.11 Å². The first-order valence-corrected chi connectivity index (χ1v) is 5.37. The standard InChI is InChI=1S/C9H13N5O4/c10-12-11-2-4-14-6-5-13(3-1-7(15)16)8(17)9(14)18/h1-6H2,(H,15,16). The summed E-state index contributed by atoms with van der Waals surface area (Å²) < 4.78 is 0. The Bertz CT molecular complexity index is 380. The van der Waals surface area contributed by atoms with Crippen molar-refractivity contribution in [2.75, 3.05) is 32.7 Å². The third-order valence-electron chi connectivity index (χ3n) is 2.53. The van der Waals surface area contributed by atoms with Crippen molar-refractivity contribution in [3.63, 3.8) is 0 Å². The fourth-order valence-electron chi connectivity index (χ4n) is 1.58. The quantitative estimate of drug-likeness (QED) is 0.295. The fourth-order valence-corrected chi connectivity index (χ4v) is 1.58. The molecular weight excluding hydrogens is 242 g/mol. The second-order valence-electron chi connectivity index (χ2n) is 3.68. The van der Waals surface area contributed by atoms with Gasteiger partial charge >= 0.3 is 17.8 Å². The van der Waals surface area contributed by atoms with Crippen molar-refractivity contribution < 1.29 is 19.5 Å². The minimum Gasteiger partial charge on any atom is -0.481 e. The van der Waals surface area contributed by atoms with Crippen LogP contribution in [0.5, 0.6) is 0 Å². The number of aliphatic carboxylic acids is 1. The van der Waals surface area contributed by atoms with Crippen molar-refractivity contribution in [3.05, 3.63) is 10.4 Å². The molecule has 1 aliphatic rings. The number of nitrogens with zero attached hydrogens (tertiary/aromatic N) is 5. The molecule has 1 heterocycles. The average Bonchev–Trinajstić information content (AvgIpc) is 2.33. The molecule has 1 N–H and O–H groups in total. The van der Waals surface area contributed by atoms with E-state index in [1.54, 1.807) is 0 Å². The number of carboxylic acid groups (broad SMARTS) is 1. The van der Waals surface area contributed by atoms with E-state index in [0.717, 1.165) is 0 Å². The highest BCUT2D eigenvalue weighted by molar-refractivity contribution is 6.35. The van der Waals surface area contributed by atoms with E-state index in [0.29, 0.717) is 13.1 Å². The Hall–Kier alpha value is -2.28. The Balaban J connectivity index is 2.49. The number of amides is 2. The van der Waals surface area contributed by atoms with Crippen LogP contribution >= 0.6 is 0 Å². The van der Waals surface area contributed by atoms with Gasteiger partial charge in [-0.25, -0.2) is 0 Å². The molecule has 1 saturated heterocycles. The smallest absolute Gasteiger partial charge is 0.312 e. The molecule has 9 nitrogen and oxygen atoms in total. The maximum absolute atomic E-state index is 11.6. The summed E-state index contributed by atoms with van der Waals surface area (Å²) >= 11 is 0. The topological polar surface area (TPSA) is 127 Å². The molecule has 1 rings (SSSR count). The van der Waals surface area contributed by atoms with Crippen molar-refractivity contribution in [1.82, 2.24) is 9.80 Å². The van der Waals surface area contributed by atoms with Crippen molar-refractivity contribution in [1.29, 1.82) is 0 Å². The van der Waals surface area contributed by atoms with Gasteiger partial charge in [0.15, 0.2) is 0 Å². The number of azide groups is 1. The highest BCUT2D eigenvalue weighted by Gasteiger charge is 2.31. The fraction of sp³-hybridized carbons (Fsp3) is 0.667. The van der Waals surface area contributed by atoms with Crippen LogP contribution in [0.25, 0.3) is 10.4 Å². The first kappa shape index (κ1) is 13.8. The van der Waals surface area contributed by atoms with E-state index in [1.165, 1.54) is 9.80 Å². The van der Waals surface area contributed by atoms with E-state index in [-0.39, 0.29) is 26.1 Å². The predicted octanol–water partition coefficient (Wildman–Crippen LogP) is -0.558. The van der Waals surface area contributed by atoms with E-state index < -0.39 is 17.8 Å². The van der Waals surface area contributed by atoms with Crippen molar-refractivity contribution >= 4 is 17.8 Å². The third kappa shape index (κ3) is 3.63. The van der Waals surface area contributed by atoms with Gasteiger partial charge in [-0.15, -0.1) is 0 Å². The van der Waals surface area contributed by atoms with Crippen LogP contribution in [0.15, 0.2) is 5.11 Å². The Morgan fingerprint density at radius 2 is 1.83 bits per heavy atom. The molecule has 0 aliphatic carbocycles. The second kappa shape index (κ2) is 6.45. The maximum Gasteiger partial charge on any atom is 0.312 e. The molecule has 0 saturated carbocycles. The molecule has 0 aromatic heterocycles.